The van der Waals surface area contributed by atoms with Crippen LogP contribution in [-0.4, -0.2) is 24.8 Å². The predicted molar refractivity (Wildman–Crippen MR) is 78.6 cm³/mol. The molecule has 1 aromatic carbocycles. The predicted octanol–water partition coefficient (Wildman–Crippen LogP) is 2.93. The molecule has 0 aliphatic heterocycles. The second-order valence-corrected chi connectivity index (χ2v) is 4.86. The Balaban J connectivity index is 1.89. The molecule has 1 aromatic heterocycles. The van der Waals surface area contributed by atoms with Crippen LogP contribution < -0.4 is 5.32 Å². The van der Waals surface area contributed by atoms with Gasteiger partial charge in [0.2, 0.25) is 0 Å². The zero-order chi connectivity index (χ0) is 13.5. The highest BCUT2D eigenvalue weighted by Crippen LogP contribution is 2.16. The zero-order valence-corrected chi connectivity index (χ0v) is 11.9. The molecule has 0 aliphatic carbocycles. The van der Waals surface area contributed by atoms with Crippen molar-refractivity contribution >= 4 is 11.6 Å². The van der Waals surface area contributed by atoms with Gasteiger partial charge in [0, 0.05) is 44.2 Å². The van der Waals surface area contributed by atoms with Crippen LogP contribution in [-0.2, 0) is 17.8 Å². The summed E-state index contributed by atoms with van der Waals surface area (Å²) in [5.74, 6) is 0. The first-order valence-electron chi connectivity index (χ1n) is 6.37. The lowest BCUT2D eigenvalue weighted by molar-refractivity contribution is 0.199. The average Bonchev–Trinajstić information content (AvgIpc) is 2.85. The van der Waals surface area contributed by atoms with E-state index in [1.165, 1.54) is 5.56 Å². The normalized spacial score (nSPS) is 10.8. The van der Waals surface area contributed by atoms with Gasteiger partial charge in [-0.15, -0.1) is 0 Å². The van der Waals surface area contributed by atoms with Crippen molar-refractivity contribution < 1.29 is 4.74 Å². The third kappa shape index (κ3) is 4.39. The Morgan fingerprint density at radius 1 is 1.26 bits per heavy atom. The molecule has 2 aromatic rings. The Bertz CT molecular complexity index is 510. The fourth-order valence-corrected chi connectivity index (χ4v) is 2.12. The Kier molecular flexibility index (Phi) is 5.45. The second kappa shape index (κ2) is 7.34. The molecule has 0 unspecified atom stereocenters. The van der Waals surface area contributed by atoms with Crippen LogP contribution >= 0.6 is 11.6 Å². The highest BCUT2D eigenvalue weighted by molar-refractivity contribution is 6.31. The van der Waals surface area contributed by atoms with Gasteiger partial charge >= 0.3 is 0 Å². The van der Waals surface area contributed by atoms with E-state index in [-0.39, 0.29) is 0 Å². The summed E-state index contributed by atoms with van der Waals surface area (Å²) in [5, 5.41) is 4.14. The number of aromatic nitrogens is 1. The Labute approximate surface area is 119 Å². The summed E-state index contributed by atoms with van der Waals surface area (Å²) in [5.41, 5.74) is 2.40. The van der Waals surface area contributed by atoms with Crippen LogP contribution in [0.4, 0.5) is 0 Å². The molecule has 0 amide bonds. The quantitative estimate of drug-likeness (QED) is 0.788. The Morgan fingerprint density at radius 2 is 2.11 bits per heavy atom. The van der Waals surface area contributed by atoms with E-state index < -0.39 is 0 Å². The number of nitrogens with one attached hydrogen (secondary N) is 1. The summed E-state index contributed by atoms with van der Waals surface area (Å²) in [6.07, 6.45) is 4.22. The van der Waals surface area contributed by atoms with Gasteiger partial charge in [-0.3, -0.25) is 0 Å². The molecule has 1 N–H and O–H groups in total. The van der Waals surface area contributed by atoms with Crippen LogP contribution in [0, 0.1) is 0 Å². The van der Waals surface area contributed by atoms with Gasteiger partial charge in [-0.05, 0) is 23.3 Å². The van der Waals surface area contributed by atoms with Gasteiger partial charge in [-0.25, -0.2) is 0 Å². The van der Waals surface area contributed by atoms with Crippen LogP contribution in [0.3, 0.4) is 0 Å². The fourth-order valence-electron chi connectivity index (χ4n) is 1.92. The van der Waals surface area contributed by atoms with E-state index >= 15 is 0 Å². The van der Waals surface area contributed by atoms with Gasteiger partial charge in [-0.2, -0.15) is 0 Å². The molecule has 102 valence electrons. The number of rotatable bonds is 7. The van der Waals surface area contributed by atoms with E-state index in [0.717, 1.165) is 36.8 Å². The van der Waals surface area contributed by atoms with Gasteiger partial charge in [0.25, 0.3) is 0 Å². The molecule has 2 rings (SSSR count). The molecule has 0 fully saturated rings. The lowest BCUT2D eigenvalue weighted by Crippen LogP contribution is -2.18. The number of methoxy groups -OCH3 is 1. The standard InChI is InChI=1S/C15H19ClN2O/c1-19-9-7-17-10-13-6-8-18(11-13)12-14-4-2-3-5-15(14)16/h2-6,8,11,17H,7,9-10,12H2,1H3. The second-order valence-electron chi connectivity index (χ2n) is 4.45. The maximum Gasteiger partial charge on any atom is 0.0587 e. The van der Waals surface area contributed by atoms with Crippen molar-refractivity contribution in [1.82, 2.24) is 9.88 Å². The molecular formula is C15H19ClN2O. The summed E-state index contributed by atoms with van der Waals surface area (Å²) >= 11 is 6.16. The molecule has 0 saturated carbocycles. The third-order valence-electron chi connectivity index (χ3n) is 2.93. The van der Waals surface area contributed by atoms with E-state index in [4.69, 9.17) is 16.3 Å². The summed E-state index contributed by atoms with van der Waals surface area (Å²) in [7, 11) is 1.71. The first-order chi connectivity index (χ1) is 9.29. The molecule has 0 atom stereocenters. The lowest BCUT2D eigenvalue weighted by atomic mass is 10.2. The van der Waals surface area contributed by atoms with E-state index in [2.05, 4.69) is 34.4 Å². The Hall–Kier alpha value is -1.29. The highest BCUT2D eigenvalue weighted by Gasteiger charge is 2.01. The van der Waals surface area contributed by atoms with E-state index in [1.807, 2.05) is 18.2 Å². The van der Waals surface area contributed by atoms with Gasteiger partial charge in [0.15, 0.2) is 0 Å². The van der Waals surface area contributed by atoms with Gasteiger partial charge < -0.3 is 14.6 Å². The van der Waals surface area contributed by atoms with E-state index in [0.29, 0.717) is 0 Å². The average molecular weight is 279 g/mol. The fraction of sp³-hybridized carbons (Fsp3) is 0.333. The lowest BCUT2D eigenvalue weighted by Gasteiger charge is -2.05. The summed E-state index contributed by atoms with van der Waals surface area (Å²) < 4.78 is 7.14. The van der Waals surface area contributed by atoms with E-state index in [1.54, 1.807) is 7.11 Å². The number of nitrogens with zero attached hydrogens (tertiary/aromatic N) is 1. The van der Waals surface area contributed by atoms with Gasteiger partial charge in [0.05, 0.1) is 6.61 Å². The summed E-state index contributed by atoms with van der Waals surface area (Å²) in [4.78, 5) is 0. The van der Waals surface area contributed by atoms with Gasteiger partial charge in [0.1, 0.15) is 0 Å². The molecule has 0 spiro atoms. The molecule has 19 heavy (non-hydrogen) atoms. The van der Waals surface area contributed by atoms with Crippen LogP contribution in [0.15, 0.2) is 42.7 Å². The molecule has 0 bridgehead atoms. The van der Waals surface area contributed by atoms with Crippen molar-refractivity contribution in [2.75, 3.05) is 20.3 Å². The van der Waals surface area contributed by atoms with Crippen molar-refractivity contribution in [1.29, 1.82) is 0 Å². The smallest absolute Gasteiger partial charge is 0.0587 e. The largest absolute Gasteiger partial charge is 0.383 e. The molecule has 0 aliphatic rings. The first-order valence-corrected chi connectivity index (χ1v) is 6.75. The highest BCUT2D eigenvalue weighted by atomic mass is 35.5. The van der Waals surface area contributed by atoms with E-state index in [9.17, 15) is 0 Å². The van der Waals surface area contributed by atoms with Crippen molar-refractivity contribution in [2.45, 2.75) is 13.1 Å². The van der Waals surface area contributed by atoms with Crippen LogP contribution in [0.2, 0.25) is 5.02 Å². The minimum atomic E-state index is 0.736. The molecule has 1 heterocycles. The molecule has 0 saturated heterocycles. The summed E-state index contributed by atoms with van der Waals surface area (Å²) in [6.45, 7) is 3.27. The van der Waals surface area contributed by atoms with Crippen molar-refractivity contribution in [3.8, 4) is 0 Å². The zero-order valence-electron chi connectivity index (χ0n) is 11.1. The molecule has 4 heteroatoms. The van der Waals surface area contributed by atoms with Crippen molar-refractivity contribution in [3.05, 3.63) is 58.9 Å². The number of ether oxygens (including phenoxy) is 1. The van der Waals surface area contributed by atoms with Crippen molar-refractivity contribution in [2.24, 2.45) is 0 Å². The van der Waals surface area contributed by atoms with Crippen LogP contribution in [0.25, 0.3) is 0 Å². The molecule has 0 radical (unpaired) electrons. The SMILES string of the molecule is COCCNCc1ccn(Cc2ccccc2Cl)c1. The topological polar surface area (TPSA) is 26.2 Å². The third-order valence-corrected chi connectivity index (χ3v) is 3.30. The molecular weight excluding hydrogens is 260 g/mol. The molecule has 3 nitrogen and oxygen atoms in total. The minimum absolute atomic E-state index is 0.736. The Morgan fingerprint density at radius 3 is 2.89 bits per heavy atom. The van der Waals surface area contributed by atoms with Crippen LogP contribution in [0.1, 0.15) is 11.1 Å². The number of halogens is 1. The van der Waals surface area contributed by atoms with Crippen molar-refractivity contribution in [3.63, 3.8) is 0 Å². The summed E-state index contributed by atoms with van der Waals surface area (Å²) in [6, 6.07) is 10.1. The number of benzene rings is 1. The van der Waals surface area contributed by atoms with Crippen LogP contribution in [0.5, 0.6) is 0 Å². The maximum atomic E-state index is 6.16. The monoisotopic (exact) mass is 278 g/mol. The van der Waals surface area contributed by atoms with Gasteiger partial charge in [-0.1, -0.05) is 29.8 Å². The first kappa shape index (κ1) is 14.1. The number of hydrogen-bond acceptors (Lipinski definition) is 2. The maximum absolute atomic E-state index is 6.16. The minimum Gasteiger partial charge on any atom is -0.383 e. The number of hydrogen-bond donors (Lipinski definition) is 1.